The molecule has 0 radical (unpaired) electrons. The van der Waals surface area contributed by atoms with E-state index in [1.165, 1.54) is 0 Å². The highest BCUT2D eigenvalue weighted by Gasteiger charge is 2.29. The van der Waals surface area contributed by atoms with Crippen molar-refractivity contribution in [1.82, 2.24) is 10.6 Å². The summed E-state index contributed by atoms with van der Waals surface area (Å²) in [6, 6.07) is 0. The van der Waals surface area contributed by atoms with E-state index in [0.717, 1.165) is 12.8 Å². The largest absolute Gasteiger partial charge is 0.409 e. The van der Waals surface area contributed by atoms with Gasteiger partial charge in [0.1, 0.15) is 0 Å². The maximum atomic E-state index is 11.7. The Morgan fingerprint density at radius 3 is 2.50 bits per heavy atom. The van der Waals surface area contributed by atoms with Gasteiger partial charge in [0.05, 0.1) is 5.92 Å². The van der Waals surface area contributed by atoms with E-state index in [1.807, 2.05) is 0 Å². The molecule has 1 aliphatic carbocycles. The lowest BCUT2D eigenvalue weighted by molar-refractivity contribution is -0.124. The fourth-order valence-corrected chi connectivity index (χ4v) is 1.58. The predicted molar refractivity (Wildman–Crippen MR) is 65.9 cm³/mol. The van der Waals surface area contributed by atoms with Crippen molar-refractivity contribution >= 4 is 17.6 Å². The Bertz CT molecular complexity index is 339. The molecular formula is C11H20N4O3. The van der Waals surface area contributed by atoms with E-state index in [-0.39, 0.29) is 23.6 Å². The van der Waals surface area contributed by atoms with Crippen LogP contribution in [0.5, 0.6) is 0 Å². The zero-order chi connectivity index (χ0) is 13.5. The van der Waals surface area contributed by atoms with Gasteiger partial charge in [-0.1, -0.05) is 12.1 Å². The lowest BCUT2D eigenvalue weighted by atomic mass is 10.1. The Morgan fingerprint density at radius 2 is 2.00 bits per heavy atom. The van der Waals surface area contributed by atoms with Crippen LogP contribution in [0.3, 0.4) is 0 Å². The lowest BCUT2D eigenvalue weighted by Crippen LogP contribution is -2.42. The number of nitrogens with one attached hydrogen (secondary N) is 2. The van der Waals surface area contributed by atoms with Crippen LogP contribution in [-0.2, 0) is 9.59 Å². The number of hydrogen-bond acceptors (Lipinski definition) is 4. The topological polar surface area (TPSA) is 117 Å². The van der Waals surface area contributed by atoms with Crippen molar-refractivity contribution in [3.05, 3.63) is 0 Å². The fraction of sp³-hybridized carbons (Fsp3) is 0.727. The highest BCUT2D eigenvalue weighted by Crippen LogP contribution is 2.28. The van der Waals surface area contributed by atoms with Crippen molar-refractivity contribution in [2.45, 2.75) is 26.2 Å². The summed E-state index contributed by atoms with van der Waals surface area (Å²) in [4.78, 5) is 23.0. The maximum absolute atomic E-state index is 11.7. The summed E-state index contributed by atoms with van der Waals surface area (Å²) >= 11 is 0. The summed E-state index contributed by atoms with van der Waals surface area (Å²) in [5, 5.41) is 16.7. The zero-order valence-corrected chi connectivity index (χ0v) is 10.5. The van der Waals surface area contributed by atoms with Crippen molar-refractivity contribution in [2.75, 3.05) is 13.1 Å². The molecule has 7 nitrogen and oxygen atoms in total. The summed E-state index contributed by atoms with van der Waals surface area (Å²) in [5.74, 6) is -0.811. The quantitative estimate of drug-likeness (QED) is 0.160. The van der Waals surface area contributed by atoms with Crippen LogP contribution in [-0.4, -0.2) is 35.9 Å². The Labute approximate surface area is 106 Å². The number of nitrogens with zero attached hydrogens (tertiary/aromatic N) is 1. The molecule has 0 saturated heterocycles. The lowest BCUT2D eigenvalue weighted by Gasteiger charge is -2.13. The third kappa shape index (κ3) is 4.23. The van der Waals surface area contributed by atoms with Gasteiger partial charge in [-0.3, -0.25) is 9.59 Å². The molecule has 0 aromatic heterocycles. The van der Waals surface area contributed by atoms with Crippen molar-refractivity contribution in [2.24, 2.45) is 22.7 Å². The van der Waals surface area contributed by atoms with Gasteiger partial charge >= 0.3 is 0 Å². The van der Waals surface area contributed by atoms with E-state index < -0.39 is 5.92 Å². The molecule has 1 unspecified atom stereocenters. The summed E-state index contributed by atoms with van der Waals surface area (Å²) in [5.41, 5.74) is 5.40. The molecule has 1 aliphatic rings. The average Bonchev–Trinajstić information content (AvgIpc) is 3.19. The van der Waals surface area contributed by atoms with Crippen LogP contribution < -0.4 is 16.4 Å². The van der Waals surface area contributed by atoms with Crippen LogP contribution in [0.1, 0.15) is 26.2 Å². The van der Waals surface area contributed by atoms with Crippen LogP contribution >= 0.6 is 0 Å². The fourth-order valence-electron chi connectivity index (χ4n) is 1.58. The van der Waals surface area contributed by atoms with Crippen LogP contribution in [0.15, 0.2) is 5.16 Å². The minimum absolute atomic E-state index is 0.0488. The first-order valence-electron chi connectivity index (χ1n) is 6.13. The standard InChI is InChI=1S/C11H20N4O3/c1-2-8(9(12)15-18)11(17)14-6-5-13-10(16)7-3-4-7/h7-8,18H,2-6H2,1H3,(H2,12,15)(H,13,16)(H,14,17). The predicted octanol–water partition coefficient (Wildman–Crippen LogP) is -0.599. The molecule has 0 aromatic carbocycles. The van der Waals surface area contributed by atoms with Gasteiger partial charge in [-0.2, -0.15) is 0 Å². The molecule has 1 saturated carbocycles. The second-order valence-electron chi connectivity index (χ2n) is 4.34. The van der Waals surface area contributed by atoms with Gasteiger partial charge in [-0.25, -0.2) is 0 Å². The van der Waals surface area contributed by atoms with E-state index in [2.05, 4.69) is 15.8 Å². The Hall–Kier alpha value is -1.79. The molecule has 0 aromatic rings. The van der Waals surface area contributed by atoms with E-state index in [9.17, 15) is 9.59 Å². The van der Waals surface area contributed by atoms with Crippen molar-refractivity contribution in [3.8, 4) is 0 Å². The van der Waals surface area contributed by atoms with Crippen LogP contribution in [0.2, 0.25) is 0 Å². The zero-order valence-electron chi connectivity index (χ0n) is 10.5. The number of rotatable bonds is 7. The Kier molecular flexibility index (Phi) is 5.41. The number of amidine groups is 1. The van der Waals surface area contributed by atoms with Crippen molar-refractivity contribution < 1.29 is 14.8 Å². The Balaban J connectivity index is 2.20. The van der Waals surface area contributed by atoms with Gasteiger partial charge in [0.15, 0.2) is 5.84 Å². The first-order valence-corrected chi connectivity index (χ1v) is 6.13. The van der Waals surface area contributed by atoms with Gasteiger partial charge in [0.25, 0.3) is 0 Å². The molecule has 5 N–H and O–H groups in total. The second-order valence-corrected chi connectivity index (χ2v) is 4.34. The number of nitrogens with two attached hydrogens (primary N) is 1. The molecule has 1 rings (SSSR count). The number of carbonyl (C=O) groups excluding carboxylic acids is 2. The molecule has 0 bridgehead atoms. The van der Waals surface area contributed by atoms with E-state index in [4.69, 9.17) is 10.9 Å². The highest BCUT2D eigenvalue weighted by atomic mass is 16.4. The molecular weight excluding hydrogens is 236 g/mol. The summed E-state index contributed by atoms with van der Waals surface area (Å²) in [6.07, 6.45) is 2.37. The van der Waals surface area contributed by atoms with Gasteiger partial charge in [-0.15, -0.1) is 0 Å². The number of amides is 2. The molecule has 0 spiro atoms. The van der Waals surface area contributed by atoms with E-state index in [0.29, 0.717) is 19.5 Å². The van der Waals surface area contributed by atoms with Crippen LogP contribution in [0, 0.1) is 11.8 Å². The maximum Gasteiger partial charge on any atom is 0.230 e. The summed E-state index contributed by atoms with van der Waals surface area (Å²) in [6.45, 7) is 2.51. The normalized spacial score (nSPS) is 17.1. The number of oxime groups is 1. The molecule has 0 aliphatic heterocycles. The molecule has 0 heterocycles. The van der Waals surface area contributed by atoms with Crippen LogP contribution in [0.25, 0.3) is 0 Å². The molecule has 18 heavy (non-hydrogen) atoms. The Morgan fingerprint density at radius 1 is 1.39 bits per heavy atom. The van der Waals surface area contributed by atoms with Crippen molar-refractivity contribution in [3.63, 3.8) is 0 Å². The monoisotopic (exact) mass is 256 g/mol. The minimum atomic E-state index is -0.630. The third-order valence-electron chi connectivity index (χ3n) is 2.87. The van der Waals surface area contributed by atoms with Crippen molar-refractivity contribution in [1.29, 1.82) is 0 Å². The third-order valence-corrected chi connectivity index (χ3v) is 2.87. The molecule has 1 fully saturated rings. The summed E-state index contributed by atoms with van der Waals surface area (Å²) < 4.78 is 0. The number of hydrogen-bond donors (Lipinski definition) is 4. The molecule has 1 atom stereocenters. The van der Waals surface area contributed by atoms with E-state index >= 15 is 0 Å². The SMILES string of the molecule is CCC(C(=O)NCCNC(=O)C1CC1)C(N)=NO. The highest BCUT2D eigenvalue weighted by molar-refractivity contribution is 6.01. The molecule has 7 heteroatoms. The molecule has 2 amide bonds. The van der Waals surface area contributed by atoms with Crippen LogP contribution in [0.4, 0.5) is 0 Å². The molecule has 102 valence electrons. The smallest absolute Gasteiger partial charge is 0.230 e. The van der Waals surface area contributed by atoms with Gasteiger partial charge < -0.3 is 21.6 Å². The second kappa shape index (κ2) is 6.83. The van der Waals surface area contributed by atoms with Gasteiger partial charge in [-0.05, 0) is 19.3 Å². The number of carbonyl (C=O) groups is 2. The minimum Gasteiger partial charge on any atom is -0.409 e. The first kappa shape index (κ1) is 14.3. The van der Waals surface area contributed by atoms with Gasteiger partial charge in [0, 0.05) is 19.0 Å². The average molecular weight is 256 g/mol. The summed E-state index contributed by atoms with van der Waals surface area (Å²) in [7, 11) is 0. The first-order chi connectivity index (χ1) is 8.60. The van der Waals surface area contributed by atoms with E-state index in [1.54, 1.807) is 6.92 Å². The van der Waals surface area contributed by atoms with Gasteiger partial charge in [0.2, 0.25) is 11.8 Å².